The fourth-order valence-electron chi connectivity index (χ4n) is 2.39. The van der Waals surface area contributed by atoms with Gasteiger partial charge in [-0.25, -0.2) is 4.68 Å². The molecule has 128 valence electrons. The average molecular weight is 331 g/mol. The number of nitrogens with zero attached hydrogens (tertiary/aromatic N) is 2. The second kappa shape index (κ2) is 7.72. The van der Waals surface area contributed by atoms with Crippen molar-refractivity contribution >= 4 is 22.6 Å². The van der Waals surface area contributed by atoms with Crippen molar-refractivity contribution in [1.82, 2.24) is 15.1 Å². The first-order valence-corrected chi connectivity index (χ1v) is 7.99. The Morgan fingerprint density at radius 3 is 2.54 bits per heavy atom. The maximum Gasteiger partial charge on any atom is 0.325 e. The molecular formula is C17H21N3O4. The zero-order chi connectivity index (χ0) is 17.7. The largest absolute Gasteiger partial charge is 0.480 e. The van der Waals surface area contributed by atoms with E-state index < -0.39 is 17.9 Å². The standard InChI is InChI=1S/C17H21N3O4/c1-3-4-7-10-20-16(22)13-9-6-5-8-12(13)14(19-20)15(21)18-11(2)17(23)24/h5-6,8-9,11H,3-4,7,10H2,1-2H3,(H,18,21)(H,23,24)/t11-/m0/s1. The molecular weight excluding hydrogens is 310 g/mol. The predicted octanol–water partition coefficient (Wildman–Crippen LogP) is 1.79. The monoisotopic (exact) mass is 331 g/mol. The summed E-state index contributed by atoms with van der Waals surface area (Å²) in [5, 5.41) is 16.3. The lowest BCUT2D eigenvalue weighted by Gasteiger charge is -2.13. The molecule has 1 atom stereocenters. The lowest BCUT2D eigenvalue weighted by Crippen LogP contribution is -2.40. The van der Waals surface area contributed by atoms with Crippen LogP contribution in [0.5, 0.6) is 0 Å². The van der Waals surface area contributed by atoms with Gasteiger partial charge in [-0.05, 0) is 19.4 Å². The van der Waals surface area contributed by atoms with Gasteiger partial charge in [-0.2, -0.15) is 5.10 Å². The fourth-order valence-corrected chi connectivity index (χ4v) is 2.39. The van der Waals surface area contributed by atoms with Gasteiger partial charge in [-0.15, -0.1) is 0 Å². The molecule has 0 aliphatic carbocycles. The zero-order valence-electron chi connectivity index (χ0n) is 13.8. The summed E-state index contributed by atoms with van der Waals surface area (Å²) in [4.78, 5) is 35.9. The number of carbonyl (C=O) groups is 2. The number of aromatic nitrogens is 2. The lowest BCUT2D eigenvalue weighted by molar-refractivity contribution is -0.138. The second-order valence-corrected chi connectivity index (χ2v) is 5.66. The van der Waals surface area contributed by atoms with Crippen LogP contribution in [0, 0.1) is 0 Å². The minimum atomic E-state index is -1.14. The van der Waals surface area contributed by atoms with Crippen molar-refractivity contribution in [2.75, 3.05) is 0 Å². The highest BCUT2D eigenvalue weighted by molar-refractivity contribution is 6.05. The molecule has 0 spiro atoms. The number of hydrogen-bond donors (Lipinski definition) is 2. The van der Waals surface area contributed by atoms with Crippen molar-refractivity contribution in [3.63, 3.8) is 0 Å². The van der Waals surface area contributed by atoms with Gasteiger partial charge in [0.1, 0.15) is 6.04 Å². The van der Waals surface area contributed by atoms with E-state index in [0.29, 0.717) is 17.3 Å². The van der Waals surface area contributed by atoms with Gasteiger partial charge in [0.25, 0.3) is 11.5 Å². The highest BCUT2D eigenvalue weighted by Gasteiger charge is 2.20. The molecule has 1 amide bonds. The molecule has 0 saturated heterocycles. The number of aliphatic carboxylic acids is 1. The van der Waals surface area contributed by atoms with Gasteiger partial charge in [-0.1, -0.05) is 38.0 Å². The summed E-state index contributed by atoms with van der Waals surface area (Å²) in [5.41, 5.74) is -0.181. The van der Waals surface area contributed by atoms with Gasteiger partial charge in [0.15, 0.2) is 5.69 Å². The van der Waals surface area contributed by atoms with Crippen LogP contribution in [0.25, 0.3) is 10.8 Å². The third-order valence-corrected chi connectivity index (χ3v) is 3.77. The molecule has 0 radical (unpaired) electrons. The summed E-state index contributed by atoms with van der Waals surface area (Å²) in [6.07, 6.45) is 2.75. The highest BCUT2D eigenvalue weighted by Crippen LogP contribution is 2.13. The number of fused-ring (bicyclic) bond motifs is 1. The molecule has 0 saturated carbocycles. The fraction of sp³-hybridized carbons (Fsp3) is 0.412. The summed E-state index contributed by atoms with van der Waals surface area (Å²) in [7, 11) is 0. The smallest absolute Gasteiger partial charge is 0.325 e. The van der Waals surface area contributed by atoms with Crippen molar-refractivity contribution in [3.05, 3.63) is 40.3 Å². The van der Waals surface area contributed by atoms with Crippen LogP contribution in [-0.2, 0) is 11.3 Å². The topological polar surface area (TPSA) is 101 Å². The van der Waals surface area contributed by atoms with E-state index in [-0.39, 0.29) is 11.3 Å². The predicted molar refractivity (Wildman–Crippen MR) is 90.1 cm³/mol. The first-order valence-electron chi connectivity index (χ1n) is 7.99. The van der Waals surface area contributed by atoms with E-state index in [1.807, 2.05) is 0 Å². The maximum atomic E-state index is 12.5. The van der Waals surface area contributed by atoms with Crippen molar-refractivity contribution < 1.29 is 14.7 Å². The third-order valence-electron chi connectivity index (χ3n) is 3.77. The van der Waals surface area contributed by atoms with Crippen molar-refractivity contribution in [1.29, 1.82) is 0 Å². The molecule has 2 aromatic rings. The molecule has 2 N–H and O–H groups in total. The normalized spacial score (nSPS) is 12.1. The summed E-state index contributed by atoms with van der Waals surface area (Å²) in [6.45, 7) is 3.86. The Hall–Kier alpha value is -2.70. The van der Waals surface area contributed by atoms with E-state index in [1.165, 1.54) is 11.6 Å². The summed E-state index contributed by atoms with van der Waals surface area (Å²) in [6, 6.07) is 5.68. The van der Waals surface area contributed by atoms with Gasteiger partial charge in [0.05, 0.1) is 5.39 Å². The van der Waals surface area contributed by atoms with Crippen LogP contribution < -0.4 is 10.9 Å². The summed E-state index contributed by atoms with van der Waals surface area (Å²) >= 11 is 0. The first-order chi connectivity index (χ1) is 11.5. The Morgan fingerprint density at radius 2 is 1.92 bits per heavy atom. The Kier molecular flexibility index (Phi) is 5.68. The van der Waals surface area contributed by atoms with Gasteiger partial charge in [0.2, 0.25) is 0 Å². The number of carboxylic acid groups (broad SMARTS) is 1. The maximum absolute atomic E-state index is 12.5. The minimum Gasteiger partial charge on any atom is -0.480 e. The molecule has 1 heterocycles. The van der Waals surface area contributed by atoms with Crippen molar-refractivity contribution in [3.8, 4) is 0 Å². The highest BCUT2D eigenvalue weighted by atomic mass is 16.4. The van der Waals surface area contributed by atoms with E-state index in [1.54, 1.807) is 24.3 Å². The third kappa shape index (κ3) is 3.79. The van der Waals surface area contributed by atoms with E-state index in [2.05, 4.69) is 17.3 Å². The number of nitrogens with one attached hydrogen (secondary N) is 1. The molecule has 0 fully saturated rings. The molecule has 7 heteroatoms. The quantitative estimate of drug-likeness (QED) is 0.753. The molecule has 1 aromatic heterocycles. The van der Waals surface area contributed by atoms with Crippen molar-refractivity contribution in [2.24, 2.45) is 0 Å². The number of aryl methyl sites for hydroxylation is 1. The van der Waals surface area contributed by atoms with E-state index >= 15 is 0 Å². The molecule has 0 aliphatic rings. The van der Waals surface area contributed by atoms with E-state index in [9.17, 15) is 14.4 Å². The van der Waals surface area contributed by atoms with E-state index in [0.717, 1.165) is 19.3 Å². The van der Waals surface area contributed by atoms with Gasteiger partial charge in [-0.3, -0.25) is 14.4 Å². The molecule has 0 bridgehead atoms. The Bertz CT molecular complexity index is 813. The summed E-state index contributed by atoms with van der Waals surface area (Å²) in [5.74, 6) is -1.74. The van der Waals surface area contributed by atoms with Crippen LogP contribution in [0.15, 0.2) is 29.1 Å². The summed E-state index contributed by atoms with van der Waals surface area (Å²) < 4.78 is 1.29. The number of carboxylic acids is 1. The Balaban J connectivity index is 2.47. The van der Waals surface area contributed by atoms with Crippen LogP contribution in [-0.4, -0.2) is 32.8 Å². The molecule has 0 unspecified atom stereocenters. The average Bonchev–Trinajstić information content (AvgIpc) is 2.57. The molecule has 0 aliphatic heterocycles. The van der Waals surface area contributed by atoms with Gasteiger partial charge < -0.3 is 10.4 Å². The van der Waals surface area contributed by atoms with Crippen LogP contribution in [0.3, 0.4) is 0 Å². The lowest BCUT2D eigenvalue weighted by atomic mass is 10.1. The van der Waals surface area contributed by atoms with E-state index in [4.69, 9.17) is 5.11 Å². The van der Waals surface area contributed by atoms with Gasteiger partial charge >= 0.3 is 5.97 Å². The number of benzene rings is 1. The molecule has 2 rings (SSSR count). The van der Waals surface area contributed by atoms with Crippen molar-refractivity contribution in [2.45, 2.75) is 45.7 Å². The SMILES string of the molecule is CCCCCn1nc(C(=O)N[C@@H](C)C(=O)O)c2ccccc2c1=O. The number of carbonyl (C=O) groups excluding carboxylic acids is 1. The Labute approximate surface area is 139 Å². The number of hydrogen-bond acceptors (Lipinski definition) is 4. The number of amides is 1. The molecule has 1 aromatic carbocycles. The zero-order valence-corrected chi connectivity index (χ0v) is 13.8. The number of rotatable bonds is 7. The van der Waals surface area contributed by atoms with Crippen LogP contribution in [0.2, 0.25) is 0 Å². The molecule has 7 nitrogen and oxygen atoms in total. The second-order valence-electron chi connectivity index (χ2n) is 5.66. The molecule has 24 heavy (non-hydrogen) atoms. The van der Waals surface area contributed by atoms with Crippen LogP contribution in [0.1, 0.15) is 43.6 Å². The minimum absolute atomic E-state index is 0.0646. The van der Waals surface area contributed by atoms with Crippen LogP contribution >= 0.6 is 0 Å². The Morgan fingerprint density at radius 1 is 1.25 bits per heavy atom. The number of unbranched alkanes of at least 4 members (excludes halogenated alkanes) is 2. The van der Waals surface area contributed by atoms with Crippen LogP contribution in [0.4, 0.5) is 0 Å². The first kappa shape index (κ1) is 17.7. The van der Waals surface area contributed by atoms with Gasteiger partial charge in [0, 0.05) is 11.9 Å².